The number of alkyl halides is 3. The summed E-state index contributed by atoms with van der Waals surface area (Å²) in [5, 5.41) is 2.92. The average Bonchev–Trinajstić information content (AvgIpc) is 2.99. The highest BCUT2D eigenvalue weighted by Gasteiger charge is 2.40. The number of nitrogens with one attached hydrogen (secondary N) is 1. The highest BCUT2D eigenvalue weighted by molar-refractivity contribution is 6.46. The van der Waals surface area contributed by atoms with Crippen molar-refractivity contribution >= 4 is 28.8 Å². The van der Waals surface area contributed by atoms with E-state index in [1.807, 2.05) is 25.1 Å². The summed E-state index contributed by atoms with van der Waals surface area (Å²) in [4.78, 5) is 27.9. The molecule has 1 heterocycles. The van der Waals surface area contributed by atoms with Gasteiger partial charge in [0.2, 0.25) is 0 Å². The van der Waals surface area contributed by atoms with Crippen LogP contribution in [0.4, 0.5) is 24.5 Å². The normalized spacial score (nSPS) is 14.2. The van der Waals surface area contributed by atoms with Crippen molar-refractivity contribution in [3.63, 3.8) is 0 Å². The molecule has 1 N–H and O–H groups in total. The van der Waals surface area contributed by atoms with E-state index in [4.69, 9.17) is 0 Å². The molecule has 0 aliphatic carbocycles. The Bertz CT molecular complexity index is 1250. The number of carbonyl (C=O) groups excluding carboxylic acids is 2. The fourth-order valence-electron chi connectivity index (χ4n) is 3.55. The molecule has 0 unspecified atom stereocenters. The summed E-state index contributed by atoms with van der Waals surface area (Å²) in [7, 11) is 0. The minimum atomic E-state index is -4.81. The van der Waals surface area contributed by atoms with Gasteiger partial charge in [-0.1, -0.05) is 48.0 Å². The molecule has 1 aliphatic rings. The van der Waals surface area contributed by atoms with Gasteiger partial charge in [-0.05, 0) is 55.3 Å². The van der Waals surface area contributed by atoms with E-state index in [1.165, 1.54) is 12.1 Å². The Morgan fingerprint density at radius 3 is 2.06 bits per heavy atom. The second-order valence-corrected chi connectivity index (χ2v) is 7.55. The first-order valence-electron chi connectivity index (χ1n) is 10.0. The third kappa shape index (κ3) is 4.59. The molecule has 4 rings (SSSR count). The molecule has 0 fully saturated rings. The van der Waals surface area contributed by atoms with E-state index in [9.17, 15) is 22.8 Å². The van der Waals surface area contributed by atoms with E-state index in [2.05, 4.69) is 10.1 Å². The number of benzene rings is 3. The summed E-state index contributed by atoms with van der Waals surface area (Å²) in [6, 6.07) is 19.1. The number of halogens is 3. The van der Waals surface area contributed by atoms with E-state index in [0.29, 0.717) is 16.9 Å². The number of hydrogen-bond acceptors (Lipinski definition) is 4. The molecule has 2 amide bonds. The predicted octanol–water partition coefficient (Wildman–Crippen LogP) is 5.60. The molecular formula is C25H19F3N2O3. The summed E-state index contributed by atoms with van der Waals surface area (Å²) in [6.07, 6.45) is -4.81. The van der Waals surface area contributed by atoms with Crippen molar-refractivity contribution in [2.45, 2.75) is 20.2 Å². The van der Waals surface area contributed by atoms with Crippen molar-refractivity contribution in [3.05, 3.63) is 95.2 Å². The third-order valence-electron chi connectivity index (χ3n) is 5.14. The lowest BCUT2D eigenvalue weighted by molar-refractivity contribution is -0.274. The molecule has 3 aromatic carbocycles. The van der Waals surface area contributed by atoms with Crippen molar-refractivity contribution in [1.29, 1.82) is 0 Å². The van der Waals surface area contributed by atoms with E-state index in [0.717, 1.165) is 28.2 Å². The highest BCUT2D eigenvalue weighted by Crippen LogP contribution is 2.35. The number of carbonyl (C=O) groups is 2. The molecule has 1 aliphatic heterocycles. The zero-order valence-corrected chi connectivity index (χ0v) is 17.7. The number of aryl methyl sites for hydroxylation is 2. The van der Waals surface area contributed by atoms with Gasteiger partial charge in [-0.25, -0.2) is 4.90 Å². The number of hydrogen-bond donors (Lipinski definition) is 1. The number of ether oxygens (including phenoxy) is 1. The van der Waals surface area contributed by atoms with Gasteiger partial charge in [0.25, 0.3) is 11.8 Å². The van der Waals surface area contributed by atoms with E-state index >= 15 is 0 Å². The molecule has 0 radical (unpaired) electrons. The number of rotatable bonds is 5. The van der Waals surface area contributed by atoms with Gasteiger partial charge in [0.15, 0.2) is 0 Å². The van der Waals surface area contributed by atoms with Crippen LogP contribution in [0.2, 0.25) is 0 Å². The minimum Gasteiger partial charge on any atom is -0.406 e. The van der Waals surface area contributed by atoms with Crippen LogP contribution in [0.1, 0.15) is 16.7 Å². The predicted molar refractivity (Wildman–Crippen MR) is 119 cm³/mol. The second-order valence-electron chi connectivity index (χ2n) is 7.55. The lowest BCUT2D eigenvalue weighted by atomic mass is 10.0. The Morgan fingerprint density at radius 2 is 1.45 bits per heavy atom. The Morgan fingerprint density at radius 1 is 0.818 bits per heavy atom. The number of amides is 2. The molecule has 33 heavy (non-hydrogen) atoms. The summed E-state index contributed by atoms with van der Waals surface area (Å²) in [5.41, 5.74) is 3.30. The fraction of sp³-hybridized carbons (Fsp3) is 0.120. The molecular weight excluding hydrogens is 433 g/mol. The first-order chi connectivity index (χ1) is 15.6. The van der Waals surface area contributed by atoms with Crippen LogP contribution in [0.25, 0.3) is 5.57 Å². The number of nitrogens with zero attached hydrogens (tertiary/aromatic N) is 1. The van der Waals surface area contributed by atoms with Crippen molar-refractivity contribution in [2.24, 2.45) is 0 Å². The van der Waals surface area contributed by atoms with Crippen LogP contribution in [-0.4, -0.2) is 18.2 Å². The highest BCUT2D eigenvalue weighted by atomic mass is 19.4. The molecule has 0 spiro atoms. The molecule has 0 saturated carbocycles. The van der Waals surface area contributed by atoms with Gasteiger partial charge in [-0.2, -0.15) is 0 Å². The van der Waals surface area contributed by atoms with Gasteiger partial charge in [-0.3, -0.25) is 9.59 Å². The van der Waals surface area contributed by atoms with Crippen LogP contribution in [-0.2, 0) is 9.59 Å². The maximum absolute atomic E-state index is 13.4. The van der Waals surface area contributed by atoms with Gasteiger partial charge in [0.05, 0.1) is 11.3 Å². The second kappa shape index (κ2) is 8.46. The quantitative estimate of drug-likeness (QED) is 0.512. The van der Waals surface area contributed by atoms with Crippen LogP contribution in [0.15, 0.2) is 78.5 Å². The molecule has 0 bridgehead atoms. The first-order valence-corrected chi connectivity index (χ1v) is 10.0. The van der Waals surface area contributed by atoms with Crippen LogP contribution in [0.3, 0.4) is 0 Å². The Hall–Kier alpha value is -4.07. The summed E-state index contributed by atoms with van der Waals surface area (Å²) >= 11 is 0. The largest absolute Gasteiger partial charge is 0.573 e. The maximum atomic E-state index is 13.4. The topological polar surface area (TPSA) is 58.6 Å². The standard InChI is InChI=1S/C25H19F3N2O3/c1-15-7-9-17(10-8-15)21-22(29-18-11-13-19(14-12-18)33-25(26,27)28)24(32)30(23(21)31)20-6-4-3-5-16(20)2/h3-14,29H,1-2H3. The summed E-state index contributed by atoms with van der Waals surface area (Å²) in [6.45, 7) is 3.70. The number of imide groups is 1. The van der Waals surface area contributed by atoms with Crippen molar-refractivity contribution in [3.8, 4) is 5.75 Å². The summed E-state index contributed by atoms with van der Waals surface area (Å²) < 4.78 is 41.2. The van der Waals surface area contributed by atoms with Crippen LogP contribution in [0, 0.1) is 13.8 Å². The fourth-order valence-corrected chi connectivity index (χ4v) is 3.55. The molecule has 0 aromatic heterocycles. The van der Waals surface area contributed by atoms with Gasteiger partial charge < -0.3 is 10.1 Å². The first kappa shape index (κ1) is 22.1. The van der Waals surface area contributed by atoms with Crippen molar-refractivity contribution in [2.75, 3.05) is 10.2 Å². The van der Waals surface area contributed by atoms with Gasteiger partial charge in [-0.15, -0.1) is 13.2 Å². The molecule has 5 nitrogen and oxygen atoms in total. The number of anilines is 2. The van der Waals surface area contributed by atoms with Crippen LogP contribution >= 0.6 is 0 Å². The average molecular weight is 452 g/mol. The maximum Gasteiger partial charge on any atom is 0.573 e. The van der Waals surface area contributed by atoms with Gasteiger partial charge in [0.1, 0.15) is 11.4 Å². The van der Waals surface area contributed by atoms with Gasteiger partial charge >= 0.3 is 6.36 Å². The van der Waals surface area contributed by atoms with E-state index in [-0.39, 0.29) is 11.3 Å². The van der Waals surface area contributed by atoms with Crippen molar-refractivity contribution in [1.82, 2.24) is 0 Å². The monoisotopic (exact) mass is 452 g/mol. The number of para-hydroxylation sites is 1. The Balaban J connectivity index is 1.74. The molecule has 8 heteroatoms. The zero-order chi connectivity index (χ0) is 23.8. The molecule has 0 atom stereocenters. The lowest BCUT2D eigenvalue weighted by Crippen LogP contribution is -2.33. The van der Waals surface area contributed by atoms with E-state index in [1.54, 1.807) is 37.3 Å². The van der Waals surface area contributed by atoms with Crippen LogP contribution < -0.4 is 15.0 Å². The van der Waals surface area contributed by atoms with Gasteiger partial charge in [0, 0.05) is 5.69 Å². The SMILES string of the molecule is Cc1ccc(C2=C(Nc3ccc(OC(F)(F)F)cc3)C(=O)N(c3ccccc3C)C2=O)cc1. The van der Waals surface area contributed by atoms with E-state index < -0.39 is 23.9 Å². The van der Waals surface area contributed by atoms with Crippen molar-refractivity contribution < 1.29 is 27.5 Å². The minimum absolute atomic E-state index is 0.0385. The molecule has 0 saturated heterocycles. The summed E-state index contributed by atoms with van der Waals surface area (Å²) in [5.74, 6) is -1.44. The Labute approximate surface area is 188 Å². The Kier molecular flexibility index (Phi) is 5.68. The third-order valence-corrected chi connectivity index (χ3v) is 5.14. The zero-order valence-electron chi connectivity index (χ0n) is 17.7. The molecule has 3 aromatic rings. The smallest absolute Gasteiger partial charge is 0.406 e. The lowest BCUT2D eigenvalue weighted by Gasteiger charge is -2.17. The molecule has 168 valence electrons. The van der Waals surface area contributed by atoms with Crippen LogP contribution in [0.5, 0.6) is 5.75 Å².